The van der Waals surface area contributed by atoms with Gasteiger partial charge in [-0.15, -0.1) is 0 Å². The van der Waals surface area contributed by atoms with E-state index in [9.17, 15) is 17.6 Å². The lowest BCUT2D eigenvalue weighted by atomic mass is 10.00. The molecule has 0 aliphatic carbocycles. The zero-order valence-corrected chi connectivity index (χ0v) is 10.7. The Morgan fingerprint density at radius 2 is 1.50 bits per heavy atom. The predicted molar refractivity (Wildman–Crippen MR) is 69.4 cm³/mol. The molecule has 1 nitrogen and oxygen atoms in total. The standard InChI is InChI=1S/C15H13F4N/c1-9(20)10-2-4-11(5-3-10)12-6-7-14(16)13(8-12)15(17,18)19/h2-9H,20H2,1H3/t9-/m0/s1. The van der Waals surface area contributed by atoms with Crippen molar-refractivity contribution < 1.29 is 17.6 Å². The van der Waals surface area contributed by atoms with Crippen molar-refractivity contribution in [2.45, 2.75) is 19.1 Å². The van der Waals surface area contributed by atoms with E-state index in [2.05, 4.69) is 0 Å². The quantitative estimate of drug-likeness (QED) is 0.805. The van der Waals surface area contributed by atoms with E-state index in [1.807, 2.05) is 6.92 Å². The normalized spacial score (nSPS) is 13.3. The Morgan fingerprint density at radius 3 is 2.00 bits per heavy atom. The molecule has 2 aromatic rings. The minimum Gasteiger partial charge on any atom is -0.324 e. The minimum atomic E-state index is -4.70. The summed E-state index contributed by atoms with van der Waals surface area (Å²) < 4.78 is 51.2. The molecule has 0 unspecified atom stereocenters. The van der Waals surface area contributed by atoms with Gasteiger partial charge >= 0.3 is 6.18 Å². The van der Waals surface area contributed by atoms with Gasteiger partial charge in [-0.2, -0.15) is 13.2 Å². The van der Waals surface area contributed by atoms with Crippen molar-refractivity contribution in [2.75, 3.05) is 0 Å². The molecule has 0 amide bonds. The zero-order chi connectivity index (χ0) is 14.9. The van der Waals surface area contributed by atoms with Crippen molar-refractivity contribution in [1.82, 2.24) is 0 Å². The van der Waals surface area contributed by atoms with Crippen LogP contribution in [0.5, 0.6) is 0 Å². The largest absolute Gasteiger partial charge is 0.419 e. The van der Waals surface area contributed by atoms with E-state index in [0.717, 1.165) is 17.7 Å². The first-order valence-corrected chi connectivity index (χ1v) is 6.01. The second kappa shape index (κ2) is 5.25. The van der Waals surface area contributed by atoms with Gasteiger partial charge in [0.15, 0.2) is 0 Å². The topological polar surface area (TPSA) is 26.0 Å². The molecule has 0 radical (unpaired) electrons. The van der Waals surface area contributed by atoms with Crippen molar-refractivity contribution in [3.8, 4) is 11.1 Å². The Bertz CT molecular complexity index is 600. The highest BCUT2D eigenvalue weighted by Gasteiger charge is 2.34. The Morgan fingerprint density at radius 1 is 0.950 bits per heavy atom. The minimum absolute atomic E-state index is 0.150. The van der Waals surface area contributed by atoms with Gasteiger partial charge in [0.25, 0.3) is 0 Å². The van der Waals surface area contributed by atoms with E-state index < -0.39 is 17.6 Å². The molecule has 0 saturated carbocycles. The summed E-state index contributed by atoms with van der Waals surface area (Å²) in [5.41, 5.74) is 6.23. The van der Waals surface area contributed by atoms with Crippen LogP contribution in [0.25, 0.3) is 11.1 Å². The van der Waals surface area contributed by atoms with Crippen LogP contribution in [0.1, 0.15) is 24.1 Å². The van der Waals surface area contributed by atoms with Crippen molar-refractivity contribution in [1.29, 1.82) is 0 Å². The summed E-state index contributed by atoms with van der Waals surface area (Å²) in [6, 6.07) is 9.66. The van der Waals surface area contributed by atoms with Crippen LogP contribution in [-0.4, -0.2) is 0 Å². The maximum atomic E-state index is 13.2. The van der Waals surface area contributed by atoms with Gasteiger partial charge in [0.2, 0.25) is 0 Å². The van der Waals surface area contributed by atoms with Gasteiger partial charge < -0.3 is 5.73 Å². The number of halogens is 4. The van der Waals surface area contributed by atoms with E-state index in [-0.39, 0.29) is 6.04 Å². The molecule has 0 fully saturated rings. The number of nitrogens with two attached hydrogens (primary N) is 1. The number of benzene rings is 2. The maximum absolute atomic E-state index is 13.2. The highest BCUT2D eigenvalue weighted by atomic mass is 19.4. The van der Waals surface area contributed by atoms with Crippen LogP contribution in [0.3, 0.4) is 0 Å². The molecule has 0 bridgehead atoms. The lowest BCUT2D eigenvalue weighted by molar-refractivity contribution is -0.139. The van der Waals surface area contributed by atoms with E-state index in [0.29, 0.717) is 11.1 Å². The van der Waals surface area contributed by atoms with Crippen LogP contribution in [0.15, 0.2) is 42.5 Å². The van der Waals surface area contributed by atoms with Gasteiger partial charge in [-0.05, 0) is 35.7 Å². The van der Waals surface area contributed by atoms with E-state index in [1.54, 1.807) is 24.3 Å². The molecule has 0 aromatic heterocycles. The molecular formula is C15H13F4N. The van der Waals surface area contributed by atoms with Gasteiger partial charge in [-0.3, -0.25) is 0 Å². The van der Waals surface area contributed by atoms with Crippen molar-refractivity contribution in [2.24, 2.45) is 5.73 Å². The Hall–Kier alpha value is -1.88. The Labute approximate surface area is 114 Å². The smallest absolute Gasteiger partial charge is 0.324 e. The molecule has 0 saturated heterocycles. The van der Waals surface area contributed by atoms with Gasteiger partial charge in [-0.1, -0.05) is 30.3 Å². The summed E-state index contributed by atoms with van der Waals surface area (Å²) in [5, 5.41) is 0. The summed E-state index contributed by atoms with van der Waals surface area (Å²) in [7, 11) is 0. The Kier molecular flexibility index (Phi) is 3.81. The lowest BCUT2D eigenvalue weighted by Gasteiger charge is -2.11. The summed E-state index contributed by atoms with van der Waals surface area (Å²) in [6.45, 7) is 1.81. The molecule has 20 heavy (non-hydrogen) atoms. The average molecular weight is 283 g/mol. The number of hydrogen-bond donors (Lipinski definition) is 1. The molecule has 0 heterocycles. The van der Waals surface area contributed by atoms with Gasteiger partial charge in [-0.25, -0.2) is 4.39 Å². The molecule has 1 atom stereocenters. The molecule has 0 spiro atoms. The number of hydrogen-bond acceptors (Lipinski definition) is 1. The summed E-state index contributed by atoms with van der Waals surface area (Å²) in [5.74, 6) is -1.27. The molecule has 0 aliphatic rings. The van der Waals surface area contributed by atoms with Crippen molar-refractivity contribution in [3.63, 3.8) is 0 Å². The first-order chi connectivity index (χ1) is 9.29. The van der Waals surface area contributed by atoms with Crippen LogP contribution in [0, 0.1) is 5.82 Å². The third kappa shape index (κ3) is 2.99. The molecule has 2 rings (SSSR count). The third-order valence-electron chi connectivity index (χ3n) is 3.04. The first kappa shape index (κ1) is 14.5. The summed E-state index contributed by atoms with van der Waals surface area (Å²) in [6.07, 6.45) is -4.70. The van der Waals surface area contributed by atoms with Crippen LogP contribution in [-0.2, 0) is 6.18 Å². The highest BCUT2D eigenvalue weighted by molar-refractivity contribution is 5.64. The highest BCUT2D eigenvalue weighted by Crippen LogP contribution is 2.34. The lowest BCUT2D eigenvalue weighted by Crippen LogP contribution is -2.08. The van der Waals surface area contributed by atoms with Gasteiger partial charge in [0.1, 0.15) is 5.82 Å². The van der Waals surface area contributed by atoms with Crippen molar-refractivity contribution in [3.05, 3.63) is 59.4 Å². The van der Waals surface area contributed by atoms with E-state index >= 15 is 0 Å². The molecule has 0 aliphatic heterocycles. The van der Waals surface area contributed by atoms with Crippen LogP contribution in [0.2, 0.25) is 0 Å². The monoisotopic (exact) mass is 283 g/mol. The van der Waals surface area contributed by atoms with Crippen LogP contribution >= 0.6 is 0 Å². The summed E-state index contributed by atoms with van der Waals surface area (Å²) >= 11 is 0. The molecule has 106 valence electrons. The second-order valence-electron chi connectivity index (χ2n) is 4.60. The van der Waals surface area contributed by atoms with Crippen LogP contribution in [0.4, 0.5) is 17.6 Å². The first-order valence-electron chi connectivity index (χ1n) is 6.01. The van der Waals surface area contributed by atoms with E-state index in [1.165, 1.54) is 6.07 Å². The molecule has 2 aromatic carbocycles. The fourth-order valence-electron chi connectivity index (χ4n) is 1.90. The number of rotatable bonds is 2. The summed E-state index contributed by atoms with van der Waals surface area (Å²) in [4.78, 5) is 0. The number of alkyl halides is 3. The fraction of sp³-hybridized carbons (Fsp3) is 0.200. The molecule has 5 heteroatoms. The molecule has 2 N–H and O–H groups in total. The SMILES string of the molecule is C[C@H](N)c1ccc(-c2ccc(F)c(C(F)(F)F)c2)cc1. The predicted octanol–water partition coefficient (Wildman–Crippen LogP) is 4.53. The van der Waals surface area contributed by atoms with E-state index in [4.69, 9.17) is 5.73 Å². The van der Waals surface area contributed by atoms with Crippen molar-refractivity contribution >= 4 is 0 Å². The molecular weight excluding hydrogens is 270 g/mol. The maximum Gasteiger partial charge on any atom is 0.419 e. The fourth-order valence-corrected chi connectivity index (χ4v) is 1.90. The zero-order valence-electron chi connectivity index (χ0n) is 10.7. The van der Waals surface area contributed by atoms with Gasteiger partial charge in [0.05, 0.1) is 5.56 Å². The Balaban J connectivity index is 2.43. The third-order valence-corrected chi connectivity index (χ3v) is 3.04. The van der Waals surface area contributed by atoms with Crippen LogP contribution < -0.4 is 5.73 Å². The average Bonchev–Trinajstić information content (AvgIpc) is 2.38. The second-order valence-corrected chi connectivity index (χ2v) is 4.60. The van der Waals surface area contributed by atoms with Gasteiger partial charge in [0, 0.05) is 6.04 Å².